The minimum absolute atomic E-state index is 0.648. The first-order valence-electron chi connectivity index (χ1n) is 8.30. The lowest BCUT2D eigenvalue weighted by Crippen LogP contribution is -2.37. The summed E-state index contributed by atoms with van der Waals surface area (Å²) >= 11 is 0. The second-order valence-electron chi connectivity index (χ2n) is 5.87. The Balaban J connectivity index is 1.81. The molecule has 0 atom stereocenters. The molecule has 126 valence electrons. The molecule has 6 heteroatoms. The van der Waals surface area contributed by atoms with E-state index in [2.05, 4.69) is 14.9 Å². The van der Waals surface area contributed by atoms with Gasteiger partial charge in [0.1, 0.15) is 0 Å². The van der Waals surface area contributed by atoms with Gasteiger partial charge in [-0.15, -0.1) is 0 Å². The number of nitrogen functional groups attached to an aromatic ring is 1. The fourth-order valence-corrected chi connectivity index (χ4v) is 2.75. The van der Waals surface area contributed by atoms with Gasteiger partial charge in [-0.05, 0) is 24.3 Å². The minimum atomic E-state index is 0.648. The van der Waals surface area contributed by atoms with Crippen LogP contribution in [0.1, 0.15) is 0 Å². The molecule has 2 N–H and O–H groups in total. The Hall–Kier alpha value is -2.99. The van der Waals surface area contributed by atoms with Gasteiger partial charge in [0.25, 0.3) is 0 Å². The van der Waals surface area contributed by atoms with Gasteiger partial charge in [-0.25, -0.2) is 4.98 Å². The predicted octanol–water partition coefficient (Wildman–Crippen LogP) is 2.62. The van der Waals surface area contributed by atoms with Crippen LogP contribution in [0.5, 0.6) is 0 Å². The van der Waals surface area contributed by atoms with Crippen molar-refractivity contribution in [1.82, 2.24) is 15.0 Å². The van der Waals surface area contributed by atoms with E-state index in [1.54, 1.807) is 0 Å². The molecule has 2 aromatic carbocycles. The summed E-state index contributed by atoms with van der Waals surface area (Å²) in [5, 5.41) is 0. The van der Waals surface area contributed by atoms with Crippen LogP contribution in [0.3, 0.4) is 0 Å². The molecule has 6 nitrogen and oxygen atoms in total. The van der Waals surface area contributed by atoms with Crippen LogP contribution in [0.4, 0.5) is 11.6 Å². The molecule has 3 aromatic rings. The van der Waals surface area contributed by atoms with Crippen molar-refractivity contribution in [2.45, 2.75) is 0 Å². The van der Waals surface area contributed by atoms with Crippen molar-refractivity contribution >= 4 is 11.6 Å². The number of nitrogens with two attached hydrogens (primary N) is 1. The molecule has 0 aliphatic carbocycles. The standard InChI is InChI=1S/C19H19N5O/c20-16-8-6-15(7-9-16)18-21-17(14-4-2-1-3-5-14)22-19(23-18)24-10-12-25-13-11-24/h1-9H,10-13,20H2. The van der Waals surface area contributed by atoms with Gasteiger partial charge >= 0.3 is 0 Å². The van der Waals surface area contributed by atoms with Crippen LogP contribution in [0, 0.1) is 0 Å². The Bertz CT molecular complexity index is 845. The second kappa shape index (κ2) is 6.86. The molecular formula is C19H19N5O. The highest BCUT2D eigenvalue weighted by atomic mass is 16.5. The number of hydrogen-bond donors (Lipinski definition) is 1. The average Bonchev–Trinajstić information content (AvgIpc) is 2.69. The Labute approximate surface area is 146 Å². The van der Waals surface area contributed by atoms with Crippen LogP contribution in [-0.2, 0) is 4.74 Å². The zero-order valence-corrected chi connectivity index (χ0v) is 13.8. The largest absolute Gasteiger partial charge is 0.399 e. The van der Waals surface area contributed by atoms with Gasteiger partial charge < -0.3 is 15.4 Å². The van der Waals surface area contributed by atoms with Crippen LogP contribution in [0.15, 0.2) is 54.6 Å². The summed E-state index contributed by atoms with van der Waals surface area (Å²) in [6, 6.07) is 17.5. The van der Waals surface area contributed by atoms with E-state index in [0.717, 1.165) is 29.9 Å². The molecule has 0 saturated carbocycles. The summed E-state index contributed by atoms with van der Waals surface area (Å²) < 4.78 is 5.44. The van der Waals surface area contributed by atoms with Crippen molar-refractivity contribution in [2.24, 2.45) is 0 Å². The van der Waals surface area contributed by atoms with Crippen LogP contribution in [0.2, 0.25) is 0 Å². The number of anilines is 2. The summed E-state index contributed by atoms with van der Waals surface area (Å²) in [5.41, 5.74) is 8.40. The maximum absolute atomic E-state index is 5.80. The van der Waals surface area contributed by atoms with Gasteiger partial charge in [0.15, 0.2) is 11.6 Å². The van der Waals surface area contributed by atoms with E-state index < -0.39 is 0 Å². The third kappa shape index (κ3) is 3.44. The molecule has 4 rings (SSSR count). The monoisotopic (exact) mass is 333 g/mol. The van der Waals surface area contributed by atoms with E-state index in [1.807, 2.05) is 54.6 Å². The Morgan fingerprint density at radius 1 is 0.760 bits per heavy atom. The topological polar surface area (TPSA) is 77.2 Å². The Morgan fingerprint density at radius 2 is 1.36 bits per heavy atom. The van der Waals surface area contributed by atoms with E-state index in [9.17, 15) is 0 Å². The third-order valence-corrected chi connectivity index (χ3v) is 4.12. The number of aromatic nitrogens is 3. The summed E-state index contributed by atoms with van der Waals surface area (Å²) in [6.45, 7) is 2.92. The van der Waals surface area contributed by atoms with Gasteiger partial charge in [0.2, 0.25) is 5.95 Å². The molecule has 1 saturated heterocycles. The van der Waals surface area contributed by atoms with Gasteiger partial charge in [-0.1, -0.05) is 30.3 Å². The fraction of sp³-hybridized carbons (Fsp3) is 0.211. The lowest BCUT2D eigenvalue weighted by molar-refractivity contribution is 0.122. The van der Waals surface area contributed by atoms with Crippen LogP contribution >= 0.6 is 0 Å². The molecular weight excluding hydrogens is 314 g/mol. The van der Waals surface area contributed by atoms with Crippen LogP contribution in [0.25, 0.3) is 22.8 Å². The van der Waals surface area contributed by atoms with Crippen LogP contribution < -0.4 is 10.6 Å². The first-order valence-corrected chi connectivity index (χ1v) is 8.30. The van der Waals surface area contributed by atoms with Gasteiger partial charge in [-0.3, -0.25) is 0 Å². The average molecular weight is 333 g/mol. The lowest BCUT2D eigenvalue weighted by Gasteiger charge is -2.27. The summed E-state index contributed by atoms with van der Waals surface area (Å²) in [6.07, 6.45) is 0. The normalized spacial score (nSPS) is 14.5. The zero-order chi connectivity index (χ0) is 17.1. The Kier molecular flexibility index (Phi) is 4.26. The molecule has 0 bridgehead atoms. The zero-order valence-electron chi connectivity index (χ0n) is 13.8. The maximum atomic E-state index is 5.80. The van der Waals surface area contributed by atoms with Gasteiger partial charge in [0.05, 0.1) is 13.2 Å². The van der Waals surface area contributed by atoms with E-state index >= 15 is 0 Å². The predicted molar refractivity (Wildman–Crippen MR) is 98.1 cm³/mol. The fourth-order valence-electron chi connectivity index (χ4n) is 2.75. The highest BCUT2D eigenvalue weighted by Crippen LogP contribution is 2.24. The summed E-state index contributed by atoms with van der Waals surface area (Å²) in [5.74, 6) is 2.00. The number of morpholine rings is 1. The van der Waals surface area contributed by atoms with E-state index in [1.165, 1.54) is 0 Å². The number of hydrogen-bond acceptors (Lipinski definition) is 6. The van der Waals surface area contributed by atoms with Crippen molar-refractivity contribution in [3.8, 4) is 22.8 Å². The summed E-state index contributed by atoms with van der Waals surface area (Å²) in [4.78, 5) is 16.2. The van der Waals surface area contributed by atoms with Crippen molar-refractivity contribution in [3.63, 3.8) is 0 Å². The third-order valence-electron chi connectivity index (χ3n) is 4.12. The molecule has 25 heavy (non-hydrogen) atoms. The molecule has 0 spiro atoms. The molecule has 0 amide bonds. The minimum Gasteiger partial charge on any atom is -0.399 e. The molecule has 1 fully saturated rings. The van der Waals surface area contributed by atoms with Crippen molar-refractivity contribution in [1.29, 1.82) is 0 Å². The van der Waals surface area contributed by atoms with E-state index in [4.69, 9.17) is 15.5 Å². The summed E-state index contributed by atoms with van der Waals surface area (Å²) in [7, 11) is 0. The van der Waals surface area contributed by atoms with Gasteiger partial charge in [-0.2, -0.15) is 9.97 Å². The smallest absolute Gasteiger partial charge is 0.229 e. The first kappa shape index (κ1) is 15.5. The SMILES string of the molecule is Nc1ccc(-c2nc(-c3ccccc3)nc(N3CCOCC3)n2)cc1. The number of rotatable bonds is 3. The highest BCUT2D eigenvalue weighted by molar-refractivity contribution is 5.64. The van der Waals surface area contributed by atoms with Crippen molar-refractivity contribution in [3.05, 3.63) is 54.6 Å². The highest BCUT2D eigenvalue weighted by Gasteiger charge is 2.17. The van der Waals surface area contributed by atoms with Crippen molar-refractivity contribution in [2.75, 3.05) is 36.9 Å². The number of nitrogens with zero attached hydrogens (tertiary/aromatic N) is 4. The Morgan fingerprint density at radius 3 is 2.00 bits per heavy atom. The molecule has 1 aromatic heterocycles. The van der Waals surface area contributed by atoms with E-state index in [-0.39, 0.29) is 0 Å². The quantitative estimate of drug-likeness (QED) is 0.743. The van der Waals surface area contributed by atoms with Crippen molar-refractivity contribution < 1.29 is 4.74 Å². The molecule has 0 unspecified atom stereocenters. The lowest BCUT2D eigenvalue weighted by atomic mass is 10.2. The molecule has 2 heterocycles. The number of ether oxygens (including phenoxy) is 1. The maximum Gasteiger partial charge on any atom is 0.229 e. The molecule has 0 radical (unpaired) electrons. The van der Waals surface area contributed by atoms with E-state index in [0.29, 0.717) is 30.8 Å². The first-order chi connectivity index (χ1) is 12.3. The number of benzene rings is 2. The van der Waals surface area contributed by atoms with Gasteiger partial charge in [0, 0.05) is 29.9 Å². The second-order valence-corrected chi connectivity index (χ2v) is 5.87. The van der Waals surface area contributed by atoms with Crippen LogP contribution in [-0.4, -0.2) is 41.3 Å². The molecule has 1 aliphatic heterocycles. The molecule has 1 aliphatic rings.